The third kappa shape index (κ3) is 8.02. The summed E-state index contributed by atoms with van der Waals surface area (Å²) in [6.45, 7) is 2.69. The van der Waals surface area contributed by atoms with Crippen molar-refractivity contribution in [3.8, 4) is 0 Å². The lowest BCUT2D eigenvalue weighted by Crippen LogP contribution is -2.47. The van der Waals surface area contributed by atoms with E-state index in [1.807, 2.05) is 0 Å². The van der Waals surface area contributed by atoms with Gasteiger partial charge in [-0.1, -0.05) is 6.07 Å². The first-order valence-electron chi connectivity index (χ1n) is 11.9. The zero-order chi connectivity index (χ0) is 29.1. The van der Waals surface area contributed by atoms with Crippen molar-refractivity contribution in [1.29, 1.82) is 0 Å². The highest BCUT2D eigenvalue weighted by Gasteiger charge is 2.38. The number of hydrogen-bond donors (Lipinski definition) is 0. The van der Waals surface area contributed by atoms with Crippen molar-refractivity contribution < 1.29 is 45.1 Å². The second kappa shape index (κ2) is 12.1. The van der Waals surface area contributed by atoms with E-state index in [9.17, 15) is 40.3 Å². The number of aryl methyl sites for hydroxylation is 1. The maximum absolute atomic E-state index is 13.8. The first-order chi connectivity index (χ1) is 18.1. The molecule has 13 heteroatoms. The molecule has 0 N–H and O–H groups in total. The first kappa shape index (κ1) is 30.6. The van der Waals surface area contributed by atoms with E-state index in [0.717, 1.165) is 4.90 Å². The summed E-state index contributed by atoms with van der Waals surface area (Å²) in [6.07, 6.45) is -9.09. The summed E-state index contributed by atoms with van der Waals surface area (Å²) in [7, 11) is 1.30. The highest BCUT2D eigenvalue weighted by Crippen LogP contribution is 2.39. The lowest BCUT2D eigenvalue weighted by Gasteiger charge is -2.41. The number of urea groups is 1. The molecule has 1 aliphatic heterocycles. The number of halogens is 7. The summed E-state index contributed by atoms with van der Waals surface area (Å²) in [5.41, 5.74) is -2.00. The van der Waals surface area contributed by atoms with Crippen molar-refractivity contribution in [1.82, 2.24) is 9.80 Å². The standard InChI is InChI=1S/C26H27F7N2O3S/c1-15-8-20(27)4-5-22(15)23-12-21(39-14-38-16(2)36)6-7-35(23)24(37)34(3)13-17-9-18(25(28,29)30)11-19(10-17)26(31,32)33/h4-5,8-11,21,23H,6-7,12-14H2,1-3H3/t21-,23+/m0/s1. The fourth-order valence-corrected chi connectivity index (χ4v) is 5.52. The van der Waals surface area contributed by atoms with Crippen LogP contribution in [0.1, 0.15) is 53.6 Å². The molecular weight excluding hydrogens is 553 g/mol. The molecule has 2 atom stereocenters. The third-order valence-electron chi connectivity index (χ3n) is 6.35. The maximum Gasteiger partial charge on any atom is 0.416 e. The summed E-state index contributed by atoms with van der Waals surface area (Å²) in [4.78, 5) is 27.2. The van der Waals surface area contributed by atoms with Crippen LogP contribution in [0.25, 0.3) is 0 Å². The van der Waals surface area contributed by atoms with Gasteiger partial charge in [-0.2, -0.15) is 26.3 Å². The largest absolute Gasteiger partial charge is 0.455 e. The normalized spacial score (nSPS) is 18.2. The minimum atomic E-state index is -5.00. The number of carbonyl (C=O) groups excluding carboxylic acids is 2. The van der Waals surface area contributed by atoms with Crippen molar-refractivity contribution >= 4 is 23.8 Å². The van der Waals surface area contributed by atoms with Crippen molar-refractivity contribution in [3.05, 3.63) is 70.0 Å². The number of rotatable bonds is 6. The van der Waals surface area contributed by atoms with Crippen LogP contribution in [0.4, 0.5) is 35.5 Å². The number of esters is 1. The molecule has 214 valence electrons. The number of benzene rings is 2. The Labute approximate surface area is 225 Å². The van der Waals surface area contributed by atoms with Crippen molar-refractivity contribution in [2.75, 3.05) is 19.5 Å². The monoisotopic (exact) mass is 580 g/mol. The molecule has 0 aliphatic carbocycles. The lowest BCUT2D eigenvalue weighted by atomic mass is 9.92. The molecule has 5 nitrogen and oxygen atoms in total. The number of alkyl halides is 6. The average molecular weight is 581 g/mol. The predicted octanol–water partition coefficient (Wildman–Crippen LogP) is 7.18. The van der Waals surface area contributed by atoms with Gasteiger partial charge in [0.25, 0.3) is 0 Å². The Bertz CT molecular complexity index is 1170. The molecule has 1 heterocycles. The molecule has 0 unspecified atom stereocenters. The van der Waals surface area contributed by atoms with E-state index < -0.39 is 53.9 Å². The molecule has 1 aliphatic rings. The number of nitrogens with zero attached hydrogens (tertiary/aromatic N) is 2. The Balaban J connectivity index is 1.87. The Morgan fingerprint density at radius 3 is 2.21 bits per heavy atom. The van der Waals surface area contributed by atoms with Crippen molar-refractivity contribution in [2.24, 2.45) is 0 Å². The van der Waals surface area contributed by atoms with Gasteiger partial charge in [-0.3, -0.25) is 4.79 Å². The Hall–Kier alpha value is -2.96. The van der Waals surface area contributed by atoms with Crippen molar-refractivity contribution in [2.45, 2.75) is 56.9 Å². The molecule has 0 bridgehead atoms. The Morgan fingerprint density at radius 1 is 1.05 bits per heavy atom. The average Bonchev–Trinajstić information content (AvgIpc) is 2.82. The Morgan fingerprint density at radius 2 is 1.67 bits per heavy atom. The van der Waals surface area contributed by atoms with Crippen LogP contribution in [0.15, 0.2) is 36.4 Å². The van der Waals surface area contributed by atoms with Crippen LogP contribution in [0.5, 0.6) is 0 Å². The van der Waals surface area contributed by atoms with E-state index in [-0.39, 0.29) is 29.4 Å². The number of piperidine rings is 1. The molecule has 39 heavy (non-hydrogen) atoms. The molecule has 1 saturated heterocycles. The van der Waals surface area contributed by atoms with Gasteiger partial charge in [0.1, 0.15) is 11.8 Å². The second-order valence-electron chi connectivity index (χ2n) is 9.33. The molecule has 1 fully saturated rings. The van der Waals surface area contributed by atoms with Gasteiger partial charge in [-0.15, -0.1) is 11.8 Å². The molecule has 2 aromatic rings. The van der Waals surface area contributed by atoms with Crippen LogP contribution < -0.4 is 0 Å². The SMILES string of the molecule is CC(=O)OCS[C@H]1CCN(C(=O)N(C)Cc2cc(C(F)(F)F)cc(C(F)(F)F)c2)[C@@H](c2ccc(F)cc2C)C1. The summed E-state index contributed by atoms with van der Waals surface area (Å²) in [6, 6.07) is 4.21. The highest BCUT2D eigenvalue weighted by atomic mass is 32.2. The molecule has 0 spiro atoms. The molecular formula is C26H27F7N2O3S. The summed E-state index contributed by atoms with van der Waals surface area (Å²) in [5.74, 6) is -0.793. The van der Waals surface area contributed by atoms with Gasteiger partial charge in [-0.05, 0) is 66.8 Å². The number of likely N-dealkylation sites (tertiary alicyclic amines) is 1. The topological polar surface area (TPSA) is 49.9 Å². The molecule has 0 aromatic heterocycles. The number of thioether (sulfide) groups is 1. The second-order valence-corrected chi connectivity index (χ2v) is 10.6. The van der Waals surface area contributed by atoms with Crippen LogP contribution in [0.2, 0.25) is 0 Å². The zero-order valence-electron chi connectivity index (χ0n) is 21.3. The van der Waals surface area contributed by atoms with Gasteiger partial charge in [0.15, 0.2) is 0 Å². The van der Waals surface area contributed by atoms with Gasteiger partial charge in [-0.25, -0.2) is 9.18 Å². The van der Waals surface area contributed by atoms with E-state index in [1.54, 1.807) is 13.0 Å². The van der Waals surface area contributed by atoms with Gasteiger partial charge in [0, 0.05) is 32.3 Å². The van der Waals surface area contributed by atoms with E-state index >= 15 is 0 Å². The van der Waals surface area contributed by atoms with E-state index in [2.05, 4.69) is 0 Å². The fourth-order valence-electron chi connectivity index (χ4n) is 4.51. The van der Waals surface area contributed by atoms with Crippen LogP contribution >= 0.6 is 11.8 Å². The molecule has 2 amide bonds. The maximum atomic E-state index is 13.8. The highest BCUT2D eigenvalue weighted by molar-refractivity contribution is 7.99. The smallest absolute Gasteiger partial charge is 0.416 e. The van der Waals surface area contributed by atoms with Gasteiger partial charge >= 0.3 is 24.4 Å². The zero-order valence-corrected chi connectivity index (χ0v) is 22.1. The number of carbonyl (C=O) groups is 2. The van der Waals surface area contributed by atoms with Crippen LogP contribution in [-0.4, -0.2) is 46.6 Å². The van der Waals surface area contributed by atoms with Gasteiger partial charge in [0.2, 0.25) is 0 Å². The fraction of sp³-hybridized carbons (Fsp3) is 0.462. The lowest BCUT2D eigenvalue weighted by molar-refractivity contribution is -0.143. The van der Waals surface area contributed by atoms with Crippen LogP contribution in [0, 0.1) is 12.7 Å². The van der Waals surface area contributed by atoms with E-state index in [4.69, 9.17) is 4.74 Å². The number of hydrogen-bond acceptors (Lipinski definition) is 4. The van der Waals surface area contributed by atoms with E-state index in [1.165, 1.54) is 42.8 Å². The molecule has 0 saturated carbocycles. The minimum Gasteiger partial charge on any atom is -0.455 e. The minimum absolute atomic E-state index is 0.0222. The summed E-state index contributed by atoms with van der Waals surface area (Å²) < 4.78 is 98.5. The molecule has 3 rings (SSSR count). The summed E-state index contributed by atoms with van der Waals surface area (Å²) >= 11 is 1.38. The van der Waals surface area contributed by atoms with E-state index in [0.29, 0.717) is 36.1 Å². The number of ether oxygens (including phenoxy) is 1. The van der Waals surface area contributed by atoms with Crippen LogP contribution in [0.3, 0.4) is 0 Å². The summed E-state index contributed by atoms with van der Waals surface area (Å²) in [5, 5.41) is -0.0222. The molecule has 2 aromatic carbocycles. The predicted molar refractivity (Wildman–Crippen MR) is 131 cm³/mol. The molecule has 0 radical (unpaired) electrons. The van der Waals surface area contributed by atoms with Gasteiger partial charge in [0.05, 0.1) is 17.2 Å². The van der Waals surface area contributed by atoms with Gasteiger partial charge < -0.3 is 14.5 Å². The van der Waals surface area contributed by atoms with Crippen LogP contribution in [-0.2, 0) is 28.4 Å². The first-order valence-corrected chi connectivity index (χ1v) is 12.9. The van der Waals surface area contributed by atoms with Crippen molar-refractivity contribution in [3.63, 3.8) is 0 Å². The quantitative estimate of drug-likeness (QED) is 0.206. The third-order valence-corrected chi connectivity index (χ3v) is 7.50. The number of amides is 2. The Kier molecular flexibility index (Phi) is 9.45.